The highest BCUT2D eigenvalue weighted by atomic mass is 16.5. The third kappa shape index (κ3) is 4.29. The number of benzene rings is 2. The van der Waals surface area contributed by atoms with E-state index in [1.807, 2.05) is 62.4 Å². The van der Waals surface area contributed by atoms with Crippen LogP contribution in [0.2, 0.25) is 0 Å². The number of aryl methyl sites for hydroxylation is 1. The number of carbonyl (C=O) groups is 2. The Hall–Kier alpha value is -3.08. The molecule has 2 aromatic carbocycles. The van der Waals surface area contributed by atoms with E-state index in [0.29, 0.717) is 22.9 Å². The molecule has 168 valence electrons. The third-order valence-electron chi connectivity index (χ3n) is 6.15. The summed E-state index contributed by atoms with van der Waals surface area (Å²) in [6.45, 7) is 9.82. The fourth-order valence-electron chi connectivity index (χ4n) is 4.55. The van der Waals surface area contributed by atoms with E-state index < -0.39 is 0 Å². The molecule has 2 heterocycles. The molecular formula is C27H32N2O3. The van der Waals surface area contributed by atoms with Crippen molar-refractivity contribution in [2.45, 2.75) is 53.1 Å². The van der Waals surface area contributed by atoms with Crippen LogP contribution >= 0.6 is 0 Å². The van der Waals surface area contributed by atoms with Gasteiger partial charge in [0.1, 0.15) is 11.4 Å². The van der Waals surface area contributed by atoms with E-state index in [4.69, 9.17) is 4.74 Å². The Balaban J connectivity index is 1.75. The molecule has 1 fully saturated rings. The summed E-state index contributed by atoms with van der Waals surface area (Å²) in [7, 11) is 0. The molecule has 2 amide bonds. The van der Waals surface area contributed by atoms with Gasteiger partial charge in [-0.3, -0.25) is 9.59 Å². The van der Waals surface area contributed by atoms with Gasteiger partial charge in [-0.15, -0.1) is 0 Å². The van der Waals surface area contributed by atoms with Gasteiger partial charge in [0.05, 0.1) is 17.4 Å². The molecule has 2 aliphatic rings. The SMILES string of the molecule is CCc1ccc(N2C(=O)C(c3ccc(OC(C)C)cc3)=C(N3CCCC(C)C3)C2=O)cc1. The standard InChI is InChI=1S/C27H32N2O3/c1-5-20-8-12-22(13-9-20)29-26(30)24(21-10-14-23(15-11-21)32-18(2)3)25(27(29)31)28-16-6-7-19(4)17-28/h8-15,18-19H,5-7,16-17H2,1-4H3. The van der Waals surface area contributed by atoms with Crippen LogP contribution in [0.1, 0.15) is 51.7 Å². The largest absolute Gasteiger partial charge is 0.491 e. The van der Waals surface area contributed by atoms with Crippen LogP contribution in [-0.2, 0) is 16.0 Å². The monoisotopic (exact) mass is 432 g/mol. The van der Waals surface area contributed by atoms with E-state index >= 15 is 0 Å². The Bertz CT molecular complexity index is 1020. The van der Waals surface area contributed by atoms with Crippen LogP contribution in [0.15, 0.2) is 54.2 Å². The van der Waals surface area contributed by atoms with E-state index in [9.17, 15) is 9.59 Å². The molecule has 2 aliphatic heterocycles. The van der Waals surface area contributed by atoms with Gasteiger partial charge < -0.3 is 9.64 Å². The minimum atomic E-state index is -0.259. The van der Waals surface area contributed by atoms with Gasteiger partial charge in [0, 0.05) is 13.1 Å². The number of hydrogen-bond acceptors (Lipinski definition) is 4. The maximum Gasteiger partial charge on any atom is 0.282 e. The summed E-state index contributed by atoms with van der Waals surface area (Å²) in [4.78, 5) is 30.8. The zero-order valence-electron chi connectivity index (χ0n) is 19.4. The second-order valence-corrected chi connectivity index (χ2v) is 9.07. The van der Waals surface area contributed by atoms with Crippen molar-refractivity contribution in [3.05, 3.63) is 65.4 Å². The molecule has 1 unspecified atom stereocenters. The molecule has 0 radical (unpaired) electrons. The second-order valence-electron chi connectivity index (χ2n) is 9.07. The first-order valence-electron chi connectivity index (χ1n) is 11.6. The summed E-state index contributed by atoms with van der Waals surface area (Å²) in [5.41, 5.74) is 3.56. The molecule has 0 saturated carbocycles. The summed E-state index contributed by atoms with van der Waals surface area (Å²) >= 11 is 0. The van der Waals surface area contributed by atoms with Crippen LogP contribution in [0.4, 0.5) is 5.69 Å². The zero-order chi connectivity index (χ0) is 22.8. The molecule has 1 atom stereocenters. The van der Waals surface area contributed by atoms with Gasteiger partial charge in [-0.05, 0) is 74.4 Å². The number of piperidine rings is 1. The summed E-state index contributed by atoms with van der Waals surface area (Å²) in [5, 5.41) is 0. The first-order chi connectivity index (χ1) is 15.4. The van der Waals surface area contributed by atoms with Gasteiger partial charge in [0.2, 0.25) is 0 Å². The number of anilines is 1. The lowest BCUT2D eigenvalue weighted by Gasteiger charge is -2.33. The Morgan fingerprint density at radius 1 is 1.00 bits per heavy atom. The van der Waals surface area contributed by atoms with Crippen molar-refractivity contribution in [2.24, 2.45) is 5.92 Å². The molecule has 0 aromatic heterocycles. The van der Waals surface area contributed by atoms with E-state index in [1.165, 1.54) is 10.5 Å². The van der Waals surface area contributed by atoms with Crippen molar-refractivity contribution >= 4 is 23.1 Å². The number of carbonyl (C=O) groups excluding carboxylic acids is 2. The topological polar surface area (TPSA) is 49.9 Å². The summed E-state index contributed by atoms with van der Waals surface area (Å²) in [5.74, 6) is 0.747. The molecule has 0 aliphatic carbocycles. The Labute approximate surface area is 190 Å². The van der Waals surface area contributed by atoms with Crippen LogP contribution in [-0.4, -0.2) is 35.9 Å². The molecule has 4 rings (SSSR count). The lowest BCUT2D eigenvalue weighted by atomic mass is 9.97. The predicted octanol–water partition coefficient (Wildman–Crippen LogP) is 5.05. The number of likely N-dealkylation sites (tertiary alicyclic amines) is 1. The van der Waals surface area contributed by atoms with Crippen molar-refractivity contribution in [2.75, 3.05) is 18.0 Å². The lowest BCUT2D eigenvalue weighted by molar-refractivity contribution is -0.120. The average Bonchev–Trinajstić information content (AvgIpc) is 3.04. The van der Waals surface area contributed by atoms with Crippen LogP contribution in [0.3, 0.4) is 0 Å². The molecule has 0 spiro atoms. The molecule has 0 bridgehead atoms. The number of rotatable bonds is 6. The Morgan fingerprint density at radius 3 is 2.28 bits per heavy atom. The van der Waals surface area contributed by atoms with Gasteiger partial charge in [-0.2, -0.15) is 0 Å². The molecule has 32 heavy (non-hydrogen) atoms. The summed E-state index contributed by atoms with van der Waals surface area (Å²) in [6.07, 6.45) is 3.14. The lowest BCUT2D eigenvalue weighted by Crippen LogP contribution is -2.39. The molecule has 5 heteroatoms. The number of amides is 2. The van der Waals surface area contributed by atoms with Crippen molar-refractivity contribution in [3.8, 4) is 5.75 Å². The number of nitrogens with zero attached hydrogens (tertiary/aromatic N) is 2. The fraction of sp³-hybridized carbons (Fsp3) is 0.407. The maximum atomic E-state index is 13.7. The first kappa shape index (κ1) is 22.1. The van der Waals surface area contributed by atoms with Crippen LogP contribution in [0, 0.1) is 5.92 Å². The smallest absolute Gasteiger partial charge is 0.282 e. The summed E-state index contributed by atoms with van der Waals surface area (Å²) < 4.78 is 5.76. The Morgan fingerprint density at radius 2 is 1.69 bits per heavy atom. The van der Waals surface area contributed by atoms with Crippen LogP contribution in [0.5, 0.6) is 5.75 Å². The van der Waals surface area contributed by atoms with E-state index in [2.05, 4.69) is 18.7 Å². The fourth-order valence-corrected chi connectivity index (χ4v) is 4.55. The van der Waals surface area contributed by atoms with Crippen molar-refractivity contribution in [3.63, 3.8) is 0 Å². The summed E-state index contributed by atoms with van der Waals surface area (Å²) in [6, 6.07) is 15.2. The van der Waals surface area contributed by atoms with Gasteiger partial charge >= 0.3 is 0 Å². The maximum absolute atomic E-state index is 13.7. The van der Waals surface area contributed by atoms with Crippen LogP contribution in [0.25, 0.3) is 5.57 Å². The van der Waals surface area contributed by atoms with Gasteiger partial charge in [0.25, 0.3) is 11.8 Å². The first-order valence-corrected chi connectivity index (χ1v) is 11.6. The van der Waals surface area contributed by atoms with E-state index in [-0.39, 0.29) is 17.9 Å². The predicted molar refractivity (Wildman–Crippen MR) is 127 cm³/mol. The second kappa shape index (κ2) is 9.19. The minimum Gasteiger partial charge on any atom is -0.491 e. The highest BCUT2D eigenvalue weighted by molar-refractivity contribution is 6.45. The van der Waals surface area contributed by atoms with Crippen molar-refractivity contribution < 1.29 is 14.3 Å². The minimum absolute atomic E-state index is 0.0711. The third-order valence-corrected chi connectivity index (χ3v) is 6.15. The van der Waals surface area contributed by atoms with Gasteiger partial charge in [0.15, 0.2) is 0 Å². The molecule has 1 saturated heterocycles. The number of imide groups is 1. The Kier molecular flexibility index (Phi) is 6.35. The molecular weight excluding hydrogens is 400 g/mol. The highest BCUT2D eigenvalue weighted by Gasteiger charge is 2.43. The quantitative estimate of drug-likeness (QED) is 0.599. The molecule has 5 nitrogen and oxygen atoms in total. The molecule has 0 N–H and O–H groups in total. The van der Waals surface area contributed by atoms with E-state index in [1.54, 1.807) is 0 Å². The van der Waals surface area contributed by atoms with E-state index in [0.717, 1.165) is 43.7 Å². The number of hydrogen-bond donors (Lipinski definition) is 0. The van der Waals surface area contributed by atoms with Crippen LogP contribution < -0.4 is 9.64 Å². The van der Waals surface area contributed by atoms with Gasteiger partial charge in [-0.1, -0.05) is 38.1 Å². The normalized spacial score (nSPS) is 19.3. The average molecular weight is 433 g/mol. The molecule has 2 aromatic rings. The highest BCUT2D eigenvalue weighted by Crippen LogP contribution is 2.37. The van der Waals surface area contributed by atoms with Gasteiger partial charge in [-0.25, -0.2) is 4.90 Å². The zero-order valence-corrected chi connectivity index (χ0v) is 19.4. The number of ether oxygens (including phenoxy) is 1. The van der Waals surface area contributed by atoms with Crippen molar-refractivity contribution in [1.82, 2.24) is 4.90 Å². The van der Waals surface area contributed by atoms with Crippen molar-refractivity contribution in [1.29, 1.82) is 0 Å².